The number of nitrogens with one attached hydrogen (secondary N) is 2. The van der Waals surface area contributed by atoms with Gasteiger partial charge in [-0.3, -0.25) is 4.79 Å². The van der Waals surface area contributed by atoms with Crippen LogP contribution in [0.15, 0.2) is 33.5 Å². The molecular weight excluding hydrogens is 339 g/mol. The van der Waals surface area contributed by atoms with E-state index < -0.39 is 11.5 Å². The fourth-order valence-corrected chi connectivity index (χ4v) is 2.31. The lowest BCUT2D eigenvalue weighted by molar-refractivity contribution is 0.556. The molecule has 5 nitrogen and oxygen atoms in total. The Kier molecular flexibility index (Phi) is 4.95. The topological polar surface area (TPSA) is 61.0 Å². The average Bonchev–Trinajstić information content (AvgIpc) is 2.49. The lowest BCUT2D eigenvalue weighted by atomic mass is 10.2. The van der Waals surface area contributed by atoms with Crippen LogP contribution in [0.25, 0.3) is 0 Å². The summed E-state index contributed by atoms with van der Waals surface area (Å²) in [6, 6.07) is 7.28. The van der Waals surface area contributed by atoms with Crippen molar-refractivity contribution in [2.75, 3.05) is 23.3 Å². The fourth-order valence-electron chi connectivity index (χ4n) is 2.04. The summed E-state index contributed by atoms with van der Waals surface area (Å²) in [5.41, 5.74) is 0.587. The van der Waals surface area contributed by atoms with Gasteiger partial charge in [0.1, 0.15) is 11.4 Å². The lowest BCUT2D eigenvalue weighted by Gasteiger charge is -2.23. The number of aromatic nitrogens is 2. The van der Waals surface area contributed by atoms with Gasteiger partial charge in [0.25, 0.3) is 11.5 Å². The Morgan fingerprint density at radius 1 is 1.29 bits per heavy atom. The van der Waals surface area contributed by atoms with Crippen LogP contribution in [0.3, 0.4) is 0 Å². The predicted octanol–water partition coefficient (Wildman–Crippen LogP) is 3.26. The van der Waals surface area contributed by atoms with Gasteiger partial charge in [-0.15, -0.1) is 5.10 Å². The highest BCUT2D eigenvalue weighted by Crippen LogP contribution is 2.27. The smallest absolute Gasteiger partial charge is 0.290 e. The van der Waals surface area contributed by atoms with E-state index in [9.17, 15) is 9.18 Å². The van der Waals surface area contributed by atoms with Crippen LogP contribution in [0.1, 0.15) is 13.8 Å². The first kappa shape index (κ1) is 15.5. The Morgan fingerprint density at radius 3 is 2.48 bits per heavy atom. The van der Waals surface area contributed by atoms with Gasteiger partial charge in [-0.05, 0) is 38.1 Å². The van der Waals surface area contributed by atoms with E-state index in [0.717, 1.165) is 4.47 Å². The number of H-pyrrole nitrogens is 1. The minimum Gasteiger partial charge on any atom is -0.366 e. The number of rotatable bonds is 5. The third-order valence-corrected chi connectivity index (χ3v) is 3.64. The van der Waals surface area contributed by atoms with E-state index in [1.165, 1.54) is 0 Å². The third-order valence-electron chi connectivity index (χ3n) is 3.11. The van der Waals surface area contributed by atoms with Crippen LogP contribution >= 0.6 is 15.9 Å². The van der Waals surface area contributed by atoms with Crippen molar-refractivity contribution in [2.24, 2.45) is 0 Å². The Morgan fingerprint density at radius 2 is 1.90 bits per heavy atom. The van der Waals surface area contributed by atoms with Crippen molar-refractivity contribution < 1.29 is 4.39 Å². The van der Waals surface area contributed by atoms with E-state index in [2.05, 4.69) is 31.4 Å². The monoisotopic (exact) mass is 354 g/mol. The van der Waals surface area contributed by atoms with Crippen LogP contribution in [0.2, 0.25) is 0 Å². The molecule has 0 spiro atoms. The van der Waals surface area contributed by atoms with E-state index >= 15 is 0 Å². The van der Waals surface area contributed by atoms with E-state index in [0.29, 0.717) is 18.8 Å². The maximum absolute atomic E-state index is 14.1. The van der Waals surface area contributed by atoms with Gasteiger partial charge < -0.3 is 10.2 Å². The number of hydrogen-bond donors (Lipinski definition) is 2. The number of hydrogen-bond acceptors (Lipinski definition) is 4. The molecule has 0 saturated carbocycles. The first-order valence-corrected chi connectivity index (χ1v) is 7.41. The van der Waals surface area contributed by atoms with Gasteiger partial charge in [-0.2, -0.15) is 4.39 Å². The number of anilines is 3. The zero-order valence-corrected chi connectivity index (χ0v) is 13.4. The van der Waals surface area contributed by atoms with Gasteiger partial charge in [0, 0.05) is 23.2 Å². The molecule has 2 rings (SSSR count). The van der Waals surface area contributed by atoms with Crippen molar-refractivity contribution in [3.8, 4) is 0 Å². The second kappa shape index (κ2) is 6.71. The quantitative estimate of drug-likeness (QED) is 0.864. The van der Waals surface area contributed by atoms with E-state index in [1.54, 1.807) is 17.0 Å². The minimum atomic E-state index is -0.696. The fraction of sp³-hybridized carbons (Fsp3) is 0.286. The summed E-state index contributed by atoms with van der Waals surface area (Å²) in [6.07, 6.45) is 0. The van der Waals surface area contributed by atoms with Gasteiger partial charge in [0.2, 0.25) is 0 Å². The molecule has 7 heteroatoms. The summed E-state index contributed by atoms with van der Waals surface area (Å²) in [5.74, 6) is -0.696. The second-order valence-electron chi connectivity index (χ2n) is 4.37. The van der Waals surface area contributed by atoms with Gasteiger partial charge in [-0.25, -0.2) is 5.10 Å². The Hall–Kier alpha value is -1.89. The molecule has 0 radical (unpaired) electrons. The minimum absolute atomic E-state index is 0.161. The molecule has 0 aliphatic rings. The Bertz CT molecular complexity index is 668. The summed E-state index contributed by atoms with van der Waals surface area (Å²) in [6.45, 7) is 4.95. The van der Waals surface area contributed by atoms with Gasteiger partial charge in [0.15, 0.2) is 0 Å². The molecule has 112 valence electrons. The van der Waals surface area contributed by atoms with E-state index in [-0.39, 0.29) is 11.4 Å². The molecule has 0 bridgehead atoms. The summed E-state index contributed by atoms with van der Waals surface area (Å²) in [4.78, 5) is 13.8. The number of benzene rings is 1. The zero-order valence-electron chi connectivity index (χ0n) is 11.8. The zero-order chi connectivity index (χ0) is 15.4. The standard InChI is InChI=1S/C14H16BrFN4O/c1-3-20(4-2)12-11(14(21)19-18-13(12)16)17-10-7-5-9(15)6-8-10/h5-8H,3-4H2,1-2H3,(H,17,18)(H,19,21). The molecule has 0 aliphatic carbocycles. The highest BCUT2D eigenvalue weighted by molar-refractivity contribution is 9.10. The van der Waals surface area contributed by atoms with Crippen molar-refractivity contribution in [3.63, 3.8) is 0 Å². The molecule has 2 N–H and O–H groups in total. The maximum Gasteiger partial charge on any atom is 0.290 e. The molecule has 0 fully saturated rings. The number of halogens is 2. The largest absolute Gasteiger partial charge is 0.366 e. The predicted molar refractivity (Wildman–Crippen MR) is 85.8 cm³/mol. The molecule has 1 heterocycles. The van der Waals surface area contributed by atoms with Crippen molar-refractivity contribution in [3.05, 3.63) is 45.0 Å². The van der Waals surface area contributed by atoms with Crippen LogP contribution in [-0.2, 0) is 0 Å². The molecule has 0 aliphatic heterocycles. The van der Waals surface area contributed by atoms with Crippen LogP contribution < -0.4 is 15.8 Å². The first-order valence-electron chi connectivity index (χ1n) is 6.62. The van der Waals surface area contributed by atoms with Gasteiger partial charge in [0.05, 0.1) is 0 Å². The van der Waals surface area contributed by atoms with Crippen molar-refractivity contribution >= 4 is 33.0 Å². The van der Waals surface area contributed by atoms with Crippen molar-refractivity contribution in [1.29, 1.82) is 0 Å². The average molecular weight is 355 g/mol. The molecule has 0 atom stereocenters. The molecule has 21 heavy (non-hydrogen) atoms. The van der Waals surface area contributed by atoms with Crippen LogP contribution in [0.5, 0.6) is 0 Å². The molecule has 0 amide bonds. The summed E-state index contributed by atoms with van der Waals surface area (Å²) in [5, 5.41) is 8.55. The normalized spacial score (nSPS) is 10.5. The van der Waals surface area contributed by atoms with Crippen molar-refractivity contribution in [2.45, 2.75) is 13.8 Å². The Labute approximate surface area is 130 Å². The Balaban J connectivity index is 2.48. The third kappa shape index (κ3) is 3.41. The van der Waals surface area contributed by atoms with Gasteiger partial charge >= 0.3 is 0 Å². The molecule has 0 unspecified atom stereocenters. The number of nitrogens with zero attached hydrogens (tertiary/aromatic N) is 2. The molecular formula is C14H16BrFN4O. The van der Waals surface area contributed by atoms with E-state index in [1.807, 2.05) is 26.0 Å². The van der Waals surface area contributed by atoms with Crippen LogP contribution in [0.4, 0.5) is 21.5 Å². The molecule has 2 aromatic rings. The summed E-state index contributed by atoms with van der Waals surface area (Å²) in [7, 11) is 0. The summed E-state index contributed by atoms with van der Waals surface area (Å²) < 4.78 is 15.0. The van der Waals surface area contributed by atoms with E-state index in [4.69, 9.17) is 0 Å². The second-order valence-corrected chi connectivity index (χ2v) is 5.29. The molecule has 1 aromatic carbocycles. The lowest BCUT2D eigenvalue weighted by Crippen LogP contribution is -2.28. The SMILES string of the molecule is CCN(CC)c1c(F)n[nH]c(=O)c1Nc1ccc(Br)cc1. The van der Waals surface area contributed by atoms with Crippen LogP contribution in [0, 0.1) is 5.95 Å². The van der Waals surface area contributed by atoms with Crippen LogP contribution in [-0.4, -0.2) is 23.3 Å². The summed E-state index contributed by atoms with van der Waals surface area (Å²) >= 11 is 3.34. The first-order chi connectivity index (χ1) is 10.1. The highest BCUT2D eigenvalue weighted by atomic mass is 79.9. The molecule has 0 saturated heterocycles. The van der Waals surface area contributed by atoms with Crippen molar-refractivity contribution in [1.82, 2.24) is 10.2 Å². The number of aromatic amines is 1. The highest BCUT2D eigenvalue weighted by Gasteiger charge is 2.19. The van der Waals surface area contributed by atoms with Gasteiger partial charge in [-0.1, -0.05) is 15.9 Å². The molecule has 1 aromatic heterocycles. The maximum atomic E-state index is 14.1.